The van der Waals surface area contributed by atoms with Crippen LogP contribution >= 0.6 is 0 Å². The predicted octanol–water partition coefficient (Wildman–Crippen LogP) is 3.21. The summed E-state index contributed by atoms with van der Waals surface area (Å²) < 4.78 is 18.0. The lowest BCUT2D eigenvalue weighted by molar-refractivity contribution is 0.102. The fraction of sp³-hybridized carbons (Fsp3) is 0.562. The number of anilines is 1. The van der Waals surface area contributed by atoms with Gasteiger partial charge in [0, 0.05) is 18.8 Å². The van der Waals surface area contributed by atoms with Crippen molar-refractivity contribution in [1.29, 1.82) is 0 Å². The molecule has 1 aliphatic carbocycles. The van der Waals surface area contributed by atoms with Crippen LogP contribution in [0.2, 0.25) is 0 Å². The largest absolute Gasteiger partial charge is 0.453 e. The molecule has 0 saturated heterocycles. The minimum Gasteiger partial charge on any atom is -0.453 e. The maximum Gasteiger partial charge on any atom is 0.409 e. The molecule has 5 heteroatoms. The highest BCUT2D eigenvalue weighted by atomic mass is 19.1. The van der Waals surface area contributed by atoms with Gasteiger partial charge in [0.1, 0.15) is 5.82 Å². The number of methoxy groups -OCH3 is 1. The number of benzene rings is 1. The summed E-state index contributed by atoms with van der Waals surface area (Å²) in [5.41, 5.74) is 7.45. The lowest BCUT2D eigenvalue weighted by Gasteiger charge is -2.34. The van der Waals surface area contributed by atoms with E-state index in [0.29, 0.717) is 11.6 Å². The zero-order chi connectivity index (χ0) is 15.4. The van der Waals surface area contributed by atoms with E-state index in [0.717, 1.165) is 37.7 Å². The van der Waals surface area contributed by atoms with Crippen molar-refractivity contribution in [3.63, 3.8) is 0 Å². The first-order valence-electron chi connectivity index (χ1n) is 7.36. The zero-order valence-corrected chi connectivity index (χ0v) is 12.6. The Kier molecular flexibility index (Phi) is 5.04. The maximum atomic E-state index is 13.3. The molecule has 0 radical (unpaired) electrons. The highest BCUT2D eigenvalue weighted by molar-refractivity contribution is 5.67. The molecule has 0 unspecified atom stereocenters. The van der Waals surface area contributed by atoms with Crippen molar-refractivity contribution in [3.8, 4) is 0 Å². The summed E-state index contributed by atoms with van der Waals surface area (Å²) in [7, 11) is 3.18. The minimum absolute atomic E-state index is 0.235. The van der Waals surface area contributed by atoms with Gasteiger partial charge in [-0.1, -0.05) is 0 Å². The van der Waals surface area contributed by atoms with Gasteiger partial charge in [0.25, 0.3) is 0 Å². The minimum atomic E-state index is -0.284. The number of carbonyl (C=O) groups excluding carboxylic acids is 1. The monoisotopic (exact) mass is 294 g/mol. The Morgan fingerprint density at radius 2 is 2.05 bits per heavy atom. The second kappa shape index (κ2) is 6.78. The molecule has 0 aliphatic heterocycles. The van der Waals surface area contributed by atoms with E-state index in [4.69, 9.17) is 10.5 Å². The van der Waals surface area contributed by atoms with Gasteiger partial charge in [0.15, 0.2) is 0 Å². The van der Waals surface area contributed by atoms with Crippen molar-refractivity contribution in [1.82, 2.24) is 4.90 Å². The van der Waals surface area contributed by atoms with Crippen molar-refractivity contribution in [2.45, 2.75) is 38.1 Å². The first-order chi connectivity index (χ1) is 10.0. The van der Waals surface area contributed by atoms with Crippen molar-refractivity contribution < 1.29 is 13.9 Å². The normalized spacial score (nSPS) is 21.9. The Balaban J connectivity index is 1.89. The third kappa shape index (κ3) is 3.86. The van der Waals surface area contributed by atoms with E-state index in [-0.39, 0.29) is 18.0 Å². The van der Waals surface area contributed by atoms with Gasteiger partial charge < -0.3 is 15.4 Å². The molecular weight excluding hydrogens is 271 g/mol. The van der Waals surface area contributed by atoms with Gasteiger partial charge in [-0.2, -0.15) is 0 Å². The third-order valence-corrected chi connectivity index (χ3v) is 4.44. The first kappa shape index (κ1) is 15.6. The van der Waals surface area contributed by atoms with Crippen LogP contribution in [0.3, 0.4) is 0 Å². The van der Waals surface area contributed by atoms with Gasteiger partial charge in [-0.25, -0.2) is 9.18 Å². The summed E-state index contributed by atoms with van der Waals surface area (Å²) >= 11 is 0. The second-order valence-corrected chi connectivity index (χ2v) is 5.80. The molecule has 1 aromatic rings. The van der Waals surface area contributed by atoms with Crippen LogP contribution in [-0.4, -0.2) is 31.2 Å². The summed E-state index contributed by atoms with van der Waals surface area (Å²) in [4.78, 5) is 13.2. The lowest BCUT2D eigenvalue weighted by atomic mass is 9.82. The number of nitrogen functional groups attached to an aromatic ring is 1. The van der Waals surface area contributed by atoms with Crippen LogP contribution in [0.5, 0.6) is 0 Å². The number of halogens is 1. The Labute approximate surface area is 125 Å². The highest BCUT2D eigenvalue weighted by Gasteiger charge is 2.27. The molecule has 0 aromatic heterocycles. The van der Waals surface area contributed by atoms with Crippen molar-refractivity contribution in [2.24, 2.45) is 5.92 Å². The lowest BCUT2D eigenvalue weighted by Crippen LogP contribution is -2.39. The molecular formula is C16H23FN2O2. The molecule has 0 heterocycles. The third-order valence-electron chi connectivity index (χ3n) is 4.44. The van der Waals surface area contributed by atoms with Gasteiger partial charge >= 0.3 is 6.09 Å². The number of amides is 1. The number of hydrogen-bond acceptors (Lipinski definition) is 3. The number of nitrogens with two attached hydrogens (primary N) is 1. The fourth-order valence-electron chi connectivity index (χ4n) is 3.09. The van der Waals surface area contributed by atoms with Crippen LogP contribution in [0, 0.1) is 11.7 Å². The molecule has 1 amide bonds. The first-order valence-corrected chi connectivity index (χ1v) is 7.36. The van der Waals surface area contributed by atoms with E-state index >= 15 is 0 Å². The standard InChI is InChI=1S/C16H23FN2O2/c1-19(16(20)21-2)14-6-3-11(4-7-14)9-12-10-13(17)5-8-15(12)18/h5,8,10-11,14H,3-4,6-7,9,18H2,1-2H3. The van der Waals surface area contributed by atoms with Gasteiger partial charge in [-0.3, -0.25) is 0 Å². The van der Waals surface area contributed by atoms with Crippen LogP contribution in [0.1, 0.15) is 31.2 Å². The summed E-state index contributed by atoms with van der Waals surface area (Å²) in [5, 5.41) is 0. The summed E-state index contributed by atoms with van der Waals surface area (Å²) in [6, 6.07) is 4.78. The Morgan fingerprint density at radius 1 is 1.38 bits per heavy atom. The van der Waals surface area contributed by atoms with E-state index in [1.165, 1.54) is 19.2 Å². The summed E-state index contributed by atoms with van der Waals surface area (Å²) in [6.07, 6.45) is 4.45. The van der Waals surface area contributed by atoms with Gasteiger partial charge in [-0.05, 0) is 61.8 Å². The van der Waals surface area contributed by atoms with E-state index in [1.807, 2.05) is 0 Å². The molecule has 21 heavy (non-hydrogen) atoms. The van der Waals surface area contributed by atoms with E-state index in [2.05, 4.69) is 0 Å². The van der Waals surface area contributed by atoms with Gasteiger partial charge in [0.05, 0.1) is 7.11 Å². The summed E-state index contributed by atoms with van der Waals surface area (Å²) in [5.74, 6) is 0.259. The van der Waals surface area contributed by atoms with Crippen LogP contribution in [-0.2, 0) is 11.2 Å². The number of rotatable bonds is 3. The van der Waals surface area contributed by atoms with Crippen molar-refractivity contribution >= 4 is 11.8 Å². The molecule has 0 bridgehead atoms. The van der Waals surface area contributed by atoms with E-state index < -0.39 is 0 Å². The quantitative estimate of drug-likeness (QED) is 0.871. The average molecular weight is 294 g/mol. The molecule has 4 nitrogen and oxygen atoms in total. The predicted molar refractivity (Wildman–Crippen MR) is 80.4 cm³/mol. The molecule has 0 spiro atoms. The van der Waals surface area contributed by atoms with Crippen molar-refractivity contribution in [2.75, 3.05) is 19.9 Å². The highest BCUT2D eigenvalue weighted by Crippen LogP contribution is 2.31. The van der Waals surface area contributed by atoms with E-state index in [9.17, 15) is 9.18 Å². The molecule has 1 aliphatic rings. The number of carbonyl (C=O) groups is 1. The number of ether oxygens (including phenoxy) is 1. The second-order valence-electron chi connectivity index (χ2n) is 5.80. The van der Waals surface area contributed by atoms with Gasteiger partial charge in [0.2, 0.25) is 0 Å². The Morgan fingerprint density at radius 3 is 2.67 bits per heavy atom. The van der Waals surface area contributed by atoms with Crippen LogP contribution in [0.25, 0.3) is 0 Å². The topological polar surface area (TPSA) is 55.6 Å². The molecule has 1 fully saturated rings. The maximum absolute atomic E-state index is 13.3. The SMILES string of the molecule is COC(=O)N(C)C1CCC(Cc2cc(F)ccc2N)CC1. The smallest absolute Gasteiger partial charge is 0.409 e. The average Bonchev–Trinajstić information content (AvgIpc) is 2.50. The molecule has 0 atom stereocenters. The molecule has 1 aromatic carbocycles. The molecule has 116 valence electrons. The number of nitrogens with zero attached hydrogens (tertiary/aromatic N) is 1. The van der Waals surface area contributed by atoms with Crippen molar-refractivity contribution in [3.05, 3.63) is 29.6 Å². The van der Waals surface area contributed by atoms with Crippen LogP contribution in [0.4, 0.5) is 14.9 Å². The molecule has 2 N–H and O–H groups in total. The fourth-order valence-corrected chi connectivity index (χ4v) is 3.09. The molecule has 2 rings (SSSR count). The molecule has 1 saturated carbocycles. The zero-order valence-electron chi connectivity index (χ0n) is 12.6. The summed E-state index contributed by atoms with van der Waals surface area (Å²) in [6.45, 7) is 0. The van der Waals surface area contributed by atoms with Crippen LogP contribution in [0.15, 0.2) is 18.2 Å². The number of hydrogen-bond donors (Lipinski definition) is 1. The van der Waals surface area contributed by atoms with Gasteiger partial charge in [-0.15, -0.1) is 0 Å². The Hall–Kier alpha value is -1.78. The van der Waals surface area contributed by atoms with Crippen LogP contribution < -0.4 is 5.73 Å². The Bertz CT molecular complexity index is 499. The van der Waals surface area contributed by atoms with E-state index in [1.54, 1.807) is 18.0 Å².